The Balaban J connectivity index is 1.82. The Morgan fingerprint density at radius 3 is 2.59 bits per heavy atom. The first-order valence-electron chi connectivity index (χ1n) is 6.19. The summed E-state index contributed by atoms with van der Waals surface area (Å²) in [5.74, 6) is 0. The number of ether oxygens (including phenoxy) is 1. The Labute approximate surface area is 105 Å². The van der Waals surface area contributed by atoms with E-state index in [1.165, 1.54) is 12.8 Å². The molecule has 5 heteroatoms. The normalized spacial score (nSPS) is 29.7. The minimum absolute atomic E-state index is 0.382. The van der Waals surface area contributed by atoms with Crippen LogP contribution in [-0.2, 0) is 4.74 Å². The predicted octanol–water partition coefficient (Wildman–Crippen LogP) is 1.87. The smallest absolute Gasteiger partial charge is 0.186 e. The van der Waals surface area contributed by atoms with Crippen LogP contribution in [0, 0.1) is 6.92 Å². The number of anilines is 1. The van der Waals surface area contributed by atoms with Gasteiger partial charge in [-0.15, -0.1) is 0 Å². The summed E-state index contributed by atoms with van der Waals surface area (Å²) in [6.45, 7) is 5.66. The molecule has 17 heavy (non-hydrogen) atoms. The van der Waals surface area contributed by atoms with Gasteiger partial charge in [-0.25, -0.2) is 4.98 Å². The van der Waals surface area contributed by atoms with E-state index >= 15 is 0 Å². The van der Waals surface area contributed by atoms with Gasteiger partial charge in [0.1, 0.15) is 0 Å². The first-order valence-corrected chi connectivity index (χ1v) is 7.01. The van der Waals surface area contributed by atoms with Crippen molar-refractivity contribution < 1.29 is 9.84 Å². The van der Waals surface area contributed by atoms with Crippen LogP contribution >= 0.6 is 11.3 Å². The highest BCUT2D eigenvalue weighted by molar-refractivity contribution is 7.15. The number of aliphatic hydroxyl groups excluding tert-OH is 1. The Hall–Kier alpha value is -0.650. The molecule has 2 aliphatic rings. The van der Waals surface area contributed by atoms with Crippen molar-refractivity contribution in [2.45, 2.75) is 45.0 Å². The highest BCUT2D eigenvalue weighted by Gasteiger charge is 2.35. The van der Waals surface area contributed by atoms with Gasteiger partial charge in [0.2, 0.25) is 0 Å². The number of fused-ring (bicyclic) bond motifs is 2. The van der Waals surface area contributed by atoms with E-state index in [1.807, 2.05) is 6.92 Å². The molecule has 4 nitrogen and oxygen atoms in total. The van der Waals surface area contributed by atoms with Gasteiger partial charge in [-0.2, -0.15) is 0 Å². The van der Waals surface area contributed by atoms with Gasteiger partial charge in [0.05, 0.1) is 28.9 Å². The van der Waals surface area contributed by atoms with Gasteiger partial charge >= 0.3 is 0 Å². The maximum Gasteiger partial charge on any atom is 0.186 e. The summed E-state index contributed by atoms with van der Waals surface area (Å²) in [7, 11) is 0. The molecule has 1 aromatic rings. The number of thiazole rings is 1. The van der Waals surface area contributed by atoms with E-state index in [0.29, 0.717) is 12.2 Å². The van der Waals surface area contributed by atoms with Crippen LogP contribution in [0.2, 0.25) is 0 Å². The monoisotopic (exact) mass is 254 g/mol. The minimum Gasteiger partial charge on any atom is -0.388 e. The summed E-state index contributed by atoms with van der Waals surface area (Å²) in [6, 6.07) is 0. The van der Waals surface area contributed by atoms with E-state index in [0.717, 1.165) is 28.8 Å². The number of aryl methyl sites for hydroxylation is 1. The van der Waals surface area contributed by atoms with Crippen molar-refractivity contribution >= 4 is 16.5 Å². The molecule has 3 atom stereocenters. The van der Waals surface area contributed by atoms with E-state index in [2.05, 4.69) is 9.88 Å². The van der Waals surface area contributed by atoms with Crippen molar-refractivity contribution in [3.05, 3.63) is 10.6 Å². The molecule has 0 aliphatic carbocycles. The molecule has 0 spiro atoms. The Kier molecular flexibility index (Phi) is 2.84. The van der Waals surface area contributed by atoms with Crippen LogP contribution in [0.4, 0.5) is 5.13 Å². The third kappa shape index (κ3) is 2.07. The van der Waals surface area contributed by atoms with Gasteiger partial charge in [-0.3, -0.25) is 0 Å². The van der Waals surface area contributed by atoms with Crippen molar-refractivity contribution in [3.8, 4) is 0 Å². The van der Waals surface area contributed by atoms with Gasteiger partial charge in [-0.1, -0.05) is 11.3 Å². The zero-order valence-electron chi connectivity index (χ0n) is 10.2. The summed E-state index contributed by atoms with van der Waals surface area (Å²) in [6.07, 6.45) is 2.70. The fraction of sp³-hybridized carbons (Fsp3) is 0.750. The van der Waals surface area contributed by atoms with Crippen molar-refractivity contribution in [1.29, 1.82) is 0 Å². The molecule has 3 heterocycles. The lowest BCUT2D eigenvalue weighted by Crippen LogP contribution is -2.42. The number of morpholine rings is 1. The minimum atomic E-state index is -0.418. The van der Waals surface area contributed by atoms with E-state index in [4.69, 9.17) is 4.74 Å². The van der Waals surface area contributed by atoms with Crippen molar-refractivity contribution in [2.75, 3.05) is 18.0 Å². The Morgan fingerprint density at radius 1 is 1.41 bits per heavy atom. The molecular weight excluding hydrogens is 236 g/mol. The highest BCUT2D eigenvalue weighted by Crippen LogP contribution is 2.34. The summed E-state index contributed by atoms with van der Waals surface area (Å²) < 4.78 is 5.82. The number of aromatic nitrogens is 1. The largest absolute Gasteiger partial charge is 0.388 e. The molecule has 0 saturated carbocycles. The molecule has 0 aromatic carbocycles. The fourth-order valence-electron chi connectivity index (χ4n) is 2.69. The lowest BCUT2D eigenvalue weighted by Gasteiger charge is -2.31. The van der Waals surface area contributed by atoms with Gasteiger partial charge in [-0.05, 0) is 26.7 Å². The average molecular weight is 254 g/mol. The van der Waals surface area contributed by atoms with Gasteiger partial charge in [0.25, 0.3) is 0 Å². The van der Waals surface area contributed by atoms with E-state index in [9.17, 15) is 5.11 Å². The second kappa shape index (κ2) is 4.23. The number of nitrogens with zero attached hydrogens (tertiary/aromatic N) is 2. The fourth-order valence-corrected chi connectivity index (χ4v) is 3.71. The third-order valence-electron chi connectivity index (χ3n) is 3.51. The lowest BCUT2D eigenvalue weighted by atomic mass is 10.2. The van der Waals surface area contributed by atoms with Gasteiger partial charge in [0.15, 0.2) is 5.13 Å². The summed E-state index contributed by atoms with van der Waals surface area (Å²) in [5, 5.41) is 10.7. The Bertz CT molecular complexity index is 407. The zero-order valence-corrected chi connectivity index (χ0v) is 11.0. The molecule has 0 radical (unpaired) electrons. The molecule has 2 fully saturated rings. The molecular formula is C12H18N2O2S. The second-order valence-corrected chi connectivity index (χ2v) is 5.99. The Morgan fingerprint density at radius 2 is 2.06 bits per heavy atom. The standard InChI is InChI=1S/C12H18N2O2S/c1-7-11(8(2)15)17-12(13-7)14-5-9-3-4-10(6-14)16-9/h8-10,15H,3-6H2,1-2H3. The summed E-state index contributed by atoms with van der Waals surface area (Å²) >= 11 is 1.62. The quantitative estimate of drug-likeness (QED) is 0.875. The summed E-state index contributed by atoms with van der Waals surface area (Å²) in [5.41, 5.74) is 0.957. The number of hydrogen-bond acceptors (Lipinski definition) is 5. The van der Waals surface area contributed by atoms with Crippen LogP contribution in [0.3, 0.4) is 0 Å². The zero-order chi connectivity index (χ0) is 12.0. The predicted molar refractivity (Wildman–Crippen MR) is 67.6 cm³/mol. The lowest BCUT2D eigenvalue weighted by molar-refractivity contribution is 0.0305. The SMILES string of the molecule is Cc1nc(N2CC3CCC(C2)O3)sc1C(C)O. The van der Waals surface area contributed by atoms with Crippen LogP contribution in [-0.4, -0.2) is 35.4 Å². The third-order valence-corrected chi connectivity index (χ3v) is 4.90. The van der Waals surface area contributed by atoms with E-state index in [-0.39, 0.29) is 0 Å². The first-order chi connectivity index (χ1) is 8.13. The molecule has 2 bridgehead atoms. The van der Waals surface area contributed by atoms with Crippen LogP contribution < -0.4 is 4.90 Å². The second-order valence-electron chi connectivity index (χ2n) is 4.98. The molecule has 3 unspecified atom stereocenters. The molecule has 2 aliphatic heterocycles. The van der Waals surface area contributed by atoms with E-state index < -0.39 is 6.10 Å². The molecule has 3 rings (SSSR count). The van der Waals surface area contributed by atoms with Crippen molar-refractivity contribution in [3.63, 3.8) is 0 Å². The molecule has 2 saturated heterocycles. The topological polar surface area (TPSA) is 45.6 Å². The van der Waals surface area contributed by atoms with Crippen LogP contribution in [0.5, 0.6) is 0 Å². The summed E-state index contributed by atoms with van der Waals surface area (Å²) in [4.78, 5) is 7.88. The number of rotatable bonds is 2. The van der Waals surface area contributed by atoms with Gasteiger partial charge in [0, 0.05) is 13.1 Å². The van der Waals surface area contributed by atoms with Crippen molar-refractivity contribution in [1.82, 2.24) is 4.98 Å². The molecule has 1 aromatic heterocycles. The maximum atomic E-state index is 9.66. The molecule has 94 valence electrons. The van der Waals surface area contributed by atoms with E-state index in [1.54, 1.807) is 18.3 Å². The van der Waals surface area contributed by atoms with Crippen molar-refractivity contribution in [2.24, 2.45) is 0 Å². The maximum absolute atomic E-state index is 9.66. The molecule has 0 amide bonds. The molecule has 1 N–H and O–H groups in total. The van der Waals surface area contributed by atoms with Crippen LogP contribution in [0.15, 0.2) is 0 Å². The number of aliphatic hydroxyl groups is 1. The number of hydrogen-bond donors (Lipinski definition) is 1. The van der Waals surface area contributed by atoms with Crippen LogP contribution in [0.1, 0.15) is 36.4 Å². The average Bonchev–Trinajstić information content (AvgIpc) is 2.82. The first kappa shape index (κ1) is 11.4. The highest BCUT2D eigenvalue weighted by atomic mass is 32.1. The van der Waals surface area contributed by atoms with Gasteiger partial charge < -0.3 is 14.7 Å². The van der Waals surface area contributed by atoms with Crippen LogP contribution in [0.25, 0.3) is 0 Å².